The first kappa shape index (κ1) is 24.5. The molecule has 2 N–H and O–H groups in total. The number of sulfonamides is 1. The molecular formula is C25H28N4O5S. The Balaban J connectivity index is 1.37. The van der Waals surface area contributed by atoms with Crippen LogP contribution in [0.1, 0.15) is 33.1 Å². The van der Waals surface area contributed by atoms with E-state index < -0.39 is 15.9 Å². The number of rotatable bonds is 7. The van der Waals surface area contributed by atoms with Crippen molar-refractivity contribution in [2.75, 3.05) is 26.2 Å². The summed E-state index contributed by atoms with van der Waals surface area (Å²) in [6, 6.07) is 11.3. The smallest absolute Gasteiger partial charge is 0.248 e. The van der Waals surface area contributed by atoms with Crippen molar-refractivity contribution in [1.29, 1.82) is 0 Å². The van der Waals surface area contributed by atoms with E-state index in [0.29, 0.717) is 19.6 Å². The number of furan rings is 1. The highest BCUT2D eigenvalue weighted by molar-refractivity contribution is 7.89. The standard InChI is InChI=1S/C25H28N4O5S/c1-18-16-21(19(2)29(18)17-22-4-3-15-34-22)7-10-24(30)27-11-13-28(14-12-27)35(32,33)23-8-5-20(6-9-23)25(26)31/h3-10,15-16H,11-14,17H2,1-2H3,(H2,26,31). The molecule has 0 aliphatic carbocycles. The maximum absolute atomic E-state index is 12.9. The number of hydrogen-bond acceptors (Lipinski definition) is 5. The number of amides is 2. The second kappa shape index (κ2) is 9.93. The lowest BCUT2D eigenvalue weighted by Crippen LogP contribution is -2.50. The van der Waals surface area contributed by atoms with Crippen LogP contribution in [0.3, 0.4) is 0 Å². The molecule has 1 aliphatic heterocycles. The van der Waals surface area contributed by atoms with Gasteiger partial charge in [0, 0.05) is 49.2 Å². The van der Waals surface area contributed by atoms with Crippen molar-refractivity contribution in [3.63, 3.8) is 0 Å². The Hall–Kier alpha value is -3.63. The molecule has 184 valence electrons. The minimum Gasteiger partial charge on any atom is -0.467 e. The van der Waals surface area contributed by atoms with E-state index in [2.05, 4.69) is 4.57 Å². The van der Waals surface area contributed by atoms with Crippen molar-refractivity contribution in [3.05, 3.63) is 83.1 Å². The number of piperazine rings is 1. The van der Waals surface area contributed by atoms with Crippen molar-refractivity contribution in [2.24, 2.45) is 5.73 Å². The molecule has 1 aliphatic rings. The Kier molecular flexibility index (Phi) is 6.95. The number of primary amides is 1. The molecular weight excluding hydrogens is 468 g/mol. The molecule has 10 heteroatoms. The fraction of sp³-hybridized carbons (Fsp3) is 0.280. The van der Waals surface area contributed by atoms with Gasteiger partial charge in [0.05, 0.1) is 17.7 Å². The fourth-order valence-corrected chi connectivity index (χ4v) is 5.58. The summed E-state index contributed by atoms with van der Waals surface area (Å²) >= 11 is 0. The zero-order chi connectivity index (χ0) is 25.2. The van der Waals surface area contributed by atoms with Gasteiger partial charge in [0.25, 0.3) is 0 Å². The van der Waals surface area contributed by atoms with Crippen molar-refractivity contribution < 1.29 is 22.4 Å². The SMILES string of the molecule is Cc1cc(C=CC(=O)N2CCN(S(=O)(=O)c3ccc(C(N)=O)cc3)CC2)c(C)n1Cc1ccco1. The van der Waals surface area contributed by atoms with Crippen molar-refractivity contribution in [1.82, 2.24) is 13.8 Å². The van der Waals surface area contributed by atoms with E-state index in [1.54, 1.807) is 17.2 Å². The van der Waals surface area contributed by atoms with Gasteiger partial charge < -0.3 is 19.6 Å². The third-order valence-corrected chi connectivity index (χ3v) is 8.15. The van der Waals surface area contributed by atoms with Gasteiger partial charge in [0.15, 0.2) is 0 Å². The van der Waals surface area contributed by atoms with Crippen LogP contribution in [0.15, 0.2) is 64.1 Å². The molecule has 3 heterocycles. The van der Waals surface area contributed by atoms with E-state index in [9.17, 15) is 18.0 Å². The van der Waals surface area contributed by atoms with Gasteiger partial charge in [-0.15, -0.1) is 0 Å². The molecule has 0 atom stereocenters. The summed E-state index contributed by atoms with van der Waals surface area (Å²) in [5, 5.41) is 0. The lowest BCUT2D eigenvalue weighted by molar-refractivity contribution is -0.127. The van der Waals surface area contributed by atoms with Crippen LogP contribution < -0.4 is 5.73 Å². The lowest BCUT2D eigenvalue weighted by Gasteiger charge is -2.33. The van der Waals surface area contributed by atoms with Crippen LogP contribution in [-0.2, 0) is 21.4 Å². The molecule has 4 rings (SSSR count). The predicted octanol–water partition coefficient (Wildman–Crippen LogP) is 2.39. The number of hydrogen-bond donors (Lipinski definition) is 1. The molecule has 0 radical (unpaired) electrons. The van der Waals surface area contributed by atoms with Gasteiger partial charge in [-0.1, -0.05) is 0 Å². The number of aromatic nitrogens is 1. The summed E-state index contributed by atoms with van der Waals surface area (Å²) in [5.41, 5.74) is 8.50. The number of carbonyl (C=O) groups excluding carboxylic acids is 2. The quantitative estimate of drug-likeness (QED) is 0.504. The highest BCUT2D eigenvalue weighted by atomic mass is 32.2. The van der Waals surface area contributed by atoms with E-state index in [1.807, 2.05) is 32.0 Å². The predicted molar refractivity (Wildman–Crippen MR) is 131 cm³/mol. The second-order valence-corrected chi connectivity index (χ2v) is 10.4. The normalized spacial score (nSPS) is 15.1. The van der Waals surface area contributed by atoms with Crippen molar-refractivity contribution in [2.45, 2.75) is 25.3 Å². The maximum Gasteiger partial charge on any atom is 0.248 e. The second-order valence-electron chi connectivity index (χ2n) is 8.44. The Morgan fingerprint density at radius 2 is 1.74 bits per heavy atom. The zero-order valence-corrected chi connectivity index (χ0v) is 20.5. The molecule has 0 saturated carbocycles. The van der Waals surface area contributed by atoms with Crippen molar-refractivity contribution >= 4 is 27.9 Å². The van der Waals surface area contributed by atoms with Crippen molar-refractivity contribution in [3.8, 4) is 0 Å². The van der Waals surface area contributed by atoms with E-state index in [0.717, 1.165) is 22.7 Å². The molecule has 1 aromatic carbocycles. The summed E-state index contributed by atoms with van der Waals surface area (Å²) < 4.78 is 34.8. The lowest BCUT2D eigenvalue weighted by atomic mass is 10.2. The van der Waals surface area contributed by atoms with E-state index in [-0.39, 0.29) is 29.5 Å². The van der Waals surface area contributed by atoms with Gasteiger partial charge in [-0.3, -0.25) is 9.59 Å². The minimum absolute atomic E-state index is 0.0899. The van der Waals surface area contributed by atoms with Crippen LogP contribution in [0.4, 0.5) is 0 Å². The van der Waals surface area contributed by atoms with E-state index in [1.165, 1.54) is 34.6 Å². The average molecular weight is 497 g/mol. The van der Waals surface area contributed by atoms with E-state index in [4.69, 9.17) is 10.2 Å². The highest BCUT2D eigenvalue weighted by Crippen LogP contribution is 2.20. The van der Waals surface area contributed by atoms with Gasteiger partial charge in [0.2, 0.25) is 21.8 Å². The molecule has 1 fully saturated rings. The molecule has 2 amide bonds. The van der Waals surface area contributed by atoms with Gasteiger partial charge in [0.1, 0.15) is 5.76 Å². The third-order valence-electron chi connectivity index (χ3n) is 6.24. The topological polar surface area (TPSA) is 119 Å². The number of carbonyl (C=O) groups is 2. The van der Waals surface area contributed by atoms with Crippen LogP contribution in [0, 0.1) is 13.8 Å². The fourth-order valence-electron chi connectivity index (χ4n) is 4.15. The Labute approximate surface area is 204 Å². The largest absolute Gasteiger partial charge is 0.467 e. The molecule has 3 aromatic rings. The highest BCUT2D eigenvalue weighted by Gasteiger charge is 2.29. The van der Waals surface area contributed by atoms with Gasteiger partial charge in [-0.25, -0.2) is 8.42 Å². The molecule has 0 bridgehead atoms. The Morgan fingerprint density at radius 3 is 2.34 bits per heavy atom. The first-order valence-electron chi connectivity index (χ1n) is 11.2. The summed E-state index contributed by atoms with van der Waals surface area (Å²) in [7, 11) is -3.72. The zero-order valence-electron chi connectivity index (χ0n) is 19.7. The summed E-state index contributed by atoms with van der Waals surface area (Å²) in [5.74, 6) is 0.0762. The summed E-state index contributed by atoms with van der Waals surface area (Å²) in [4.78, 5) is 25.7. The number of benzene rings is 1. The summed E-state index contributed by atoms with van der Waals surface area (Å²) in [6.45, 7) is 5.59. The molecule has 35 heavy (non-hydrogen) atoms. The van der Waals surface area contributed by atoms with E-state index >= 15 is 0 Å². The average Bonchev–Trinajstić information content (AvgIpc) is 3.46. The van der Waals surface area contributed by atoms with Crippen LogP contribution in [0.5, 0.6) is 0 Å². The monoisotopic (exact) mass is 496 g/mol. The molecule has 2 aromatic heterocycles. The molecule has 0 unspecified atom stereocenters. The minimum atomic E-state index is -3.72. The van der Waals surface area contributed by atoms with Crippen LogP contribution in [0.2, 0.25) is 0 Å². The molecule has 9 nitrogen and oxygen atoms in total. The van der Waals surface area contributed by atoms with Gasteiger partial charge >= 0.3 is 0 Å². The van der Waals surface area contributed by atoms with Crippen LogP contribution in [0.25, 0.3) is 6.08 Å². The number of aryl methyl sites for hydroxylation is 1. The maximum atomic E-state index is 12.9. The molecule has 1 saturated heterocycles. The summed E-state index contributed by atoms with van der Waals surface area (Å²) in [6.07, 6.45) is 4.98. The number of nitrogens with zero attached hydrogens (tertiary/aromatic N) is 3. The number of nitrogens with two attached hydrogens (primary N) is 1. The van der Waals surface area contributed by atoms with Gasteiger partial charge in [-0.2, -0.15) is 4.31 Å². The molecule has 0 spiro atoms. The first-order valence-corrected chi connectivity index (χ1v) is 12.7. The Bertz CT molecular complexity index is 1350. The Morgan fingerprint density at radius 1 is 1.06 bits per heavy atom. The first-order chi connectivity index (χ1) is 16.7. The third kappa shape index (κ3) is 5.23. The van der Waals surface area contributed by atoms with Crippen LogP contribution >= 0.6 is 0 Å². The van der Waals surface area contributed by atoms with Crippen LogP contribution in [-0.4, -0.2) is 60.2 Å². The van der Waals surface area contributed by atoms with Gasteiger partial charge in [-0.05, 0) is 68.0 Å².